The van der Waals surface area contributed by atoms with Gasteiger partial charge in [0.25, 0.3) is 0 Å². The van der Waals surface area contributed by atoms with Crippen LogP contribution in [0.1, 0.15) is 23.1 Å². The molecule has 3 nitrogen and oxygen atoms in total. The number of allylic oxidation sites excluding steroid dienone is 1. The van der Waals surface area contributed by atoms with Gasteiger partial charge in [0.15, 0.2) is 5.78 Å². The Hall–Kier alpha value is -1.64. The van der Waals surface area contributed by atoms with Crippen LogP contribution in [-0.2, 0) is 0 Å². The summed E-state index contributed by atoms with van der Waals surface area (Å²) in [4.78, 5) is 15.4. The Labute approximate surface area is 83.9 Å². The summed E-state index contributed by atoms with van der Waals surface area (Å²) < 4.78 is 0. The van der Waals surface area contributed by atoms with E-state index in [2.05, 4.69) is 17.2 Å². The minimum absolute atomic E-state index is 0.0475. The second kappa shape index (κ2) is 4.56. The zero-order valence-electron chi connectivity index (χ0n) is 8.37. The van der Waals surface area contributed by atoms with Gasteiger partial charge in [0.05, 0.1) is 11.4 Å². The number of carbonyl (C=O) groups is 1. The van der Waals surface area contributed by atoms with Gasteiger partial charge in [-0.1, -0.05) is 6.08 Å². The lowest BCUT2D eigenvalue weighted by atomic mass is 10.2. The average Bonchev–Trinajstić information content (AvgIpc) is 2.18. The zero-order valence-corrected chi connectivity index (χ0v) is 8.37. The average molecular weight is 189 g/mol. The highest BCUT2D eigenvalue weighted by Gasteiger charge is 2.07. The molecule has 0 bridgehead atoms. The number of hydrogen-bond donors (Lipinski definition) is 1. The summed E-state index contributed by atoms with van der Waals surface area (Å²) in [5, 5.41) is 2.92. The van der Waals surface area contributed by atoms with E-state index in [1.165, 1.54) is 6.92 Å². The third-order valence-corrected chi connectivity index (χ3v) is 1.81. The van der Waals surface area contributed by atoms with E-state index in [-0.39, 0.29) is 5.78 Å². The summed E-state index contributed by atoms with van der Waals surface area (Å²) in [6.45, 7) is 5.08. The normalized spacial score (nSPS) is 10.5. The van der Waals surface area contributed by atoms with Crippen molar-refractivity contribution in [2.75, 3.05) is 12.4 Å². The minimum Gasteiger partial charge on any atom is -0.386 e. The van der Waals surface area contributed by atoms with Crippen molar-refractivity contribution in [3.05, 3.63) is 36.5 Å². The first-order valence-electron chi connectivity index (χ1n) is 4.34. The topological polar surface area (TPSA) is 42.0 Å². The first-order valence-corrected chi connectivity index (χ1v) is 4.34. The van der Waals surface area contributed by atoms with E-state index in [0.29, 0.717) is 5.69 Å². The molecule has 3 heteroatoms. The van der Waals surface area contributed by atoms with Gasteiger partial charge in [-0.3, -0.25) is 4.79 Å². The lowest BCUT2D eigenvalue weighted by molar-refractivity contribution is 0.101. The number of aromatic nitrogens is 1. The van der Waals surface area contributed by atoms with Crippen LogP contribution in [0.15, 0.2) is 18.2 Å². The monoisotopic (exact) mass is 189 g/mol. The lowest BCUT2D eigenvalue weighted by Crippen LogP contribution is -2.04. The van der Waals surface area contributed by atoms with Crippen molar-refractivity contribution in [3.8, 4) is 0 Å². The van der Waals surface area contributed by atoms with Crippen LogP contribution in [-0.4, -0.2) is 17.8 Å². The molecule has 0 unspecified atom stereocenters. The molecule has 14 heavy (non-hydrogen) atoms. The number of carbonyl (C=O) groups excluding carboxylic acids is 1. The number of Topliss-reactive ketones (excluding diaryl/α,β-unsaturated/α-hetero) is 1. The van der Waals surface area contributed by atoms with Gasteiger partial charge in [-0.2, -0.15) is 0 Å². The Morgan fingerprint density at radius 3 is 2.79 bits per heavy atom. The molecular weight excluding hydrogens is 176 g/mol. The smallest absolute Gasteiger partial charge is 0.180 e. The highest BCUT2D eigenvalue weighted by molar-refractivity contribution is 5.97. The van der Waals surface area contributed by atoms with Crippen molar-refractivity contribution in [2.45, 2.75) is 6.92 Å². The number of anilines is 1. The first-order chi connectivity index (χ1) is 6.69. The summed E-state index contributed by atoms with van der Waals surface area (Å²) in [6, 6.07) is 3.67. The van der Waals surface area contributed by atoms with Crippen molar-refractivity contribution in [1.82, 2.24) is 4.98 Å². The Morgan fingerprint density at radius 2 is 2.29 bits per heavy atom. The highest BCUT2D eigenvalue weighted by atomic mass is 16.1. The quantitative estimate of drug-likeness (QED) is 0.741. The van der Waals surface area contributed by atoms with E-state index in [1.807, 2.05) is 12.1 Å². The maximum Gasteiger partial charge on any atom is 0.180 e. The minimum atomic E-state index is -0.0475. The van der Waals surface area contributed by atoms with E-state index in [4.69, 9.17) is 0 Å². The Bertz CT molecular complexity index is 370. The molecule has 1 aromatic heterocycles. The maximum atomic E-state index is 11.2. The van der Waals surface area contributed by atoms with Crippen molar-refractivity contribution in [3.63, 3.8) is 0 Å². The van der Waals surface area contributed by atoms with Gasteiger partial charge < -0.3 is 5.32 Å². The zero-order chi connectivity index (χ0) is 10.6. The van der Waals surface area contributed by atoms with Crippen LogP contribution in [0.4, 0.5) is 5.69 Å². The molecule has 0 saturated carbocycles. The van der Waals surface area contributed by atoms with Crippen molar-refractivity contribution < 1.29 is 4.79 Å². The predicted octanol–water partition coefficient (Wildman–Crippen LogP) is 2.17. The SMILES string of the molecule is [CH2]/C=C/c1ccc(NC)c(C(C)=O)n1. The summed E-state index contributed by atoms with van der Waals surface area (Å²) in [5.74, 6) is -0.0475. The predicted molar refractivity (Wildman–Crippen MR) is 58.2 cm³/mol. The van der Waals surface area contributed by atoms with E-state index in [0.717, 1.165) is 11.4 Å². The maximum absolute atomic E-state index is 11.2. The third-order valence-electron chi connectivity index (χ3n) is 1.81. The molecule has 1 radical (unpaired) electrons. The van der Waals surface area contributed by atoms with Gasteiger partial charge >= 0.3 is 0 Å². The molecule has 1 N–H and O–H groups in total. The molecule has 1 rings (SSSR count). The number of rotatable bonds is 3. The molecule has 0 aliphatic carbocycles. The van der Waals surface area contributed by atoms with Crippen molar-refractivity contribution >= 4 is 17.5 Å². The molecule has 1 aromatic rings. The van der Waals surface area contributed by atoms with Gasteiger partial charge in [-0.25, -0.2) is 4.98 Å². The molecule has 0 amide bonds. The van der Waals surface area contributed by atoms with Crippen LogP contribution in [0.2, 0.25) is 0 Å². The fourth-order valence-corrected chi connectivity index (χ4v) is 1.16. The van der Waals surface area contributed by atoms with Crippen molar-refractivity contribution in [1.29, 1.82) is 0 Å². The van der Waals surface area contributed by atoms with Gasteiger partial charge in [-0.15, -0.1) is 0 Å². The molecule has 0 atom stereocenters. The molecular formula is C11H13N2O. The molecule has 0 fully saturated rings. The molecule has 0 saturated heterocycles. The van der Waals surface area contributed by atoms with Crippen LogP contribution >= 0.6 is 0 Å². The van der Waals surface area contributed by atoms with E-state index < -0.39 is 0 Å². The second-order valence-corrected chi connectivity index (χ2v) is 2.84. The third kappa shape index (κ3) is 2.19. The number of hydrogen-bond acceptors (Lipinski definition) is 3. The molecule has 0 aliphatic rings. The molecule has 73 valence electrons. The Morgan fingerprint density at radius 1 is 1.57 bits per heavy atom. The van der Waals surface area contributed by atoms with Crippen molar-refractivity contribution in [2.24, 2.45) is 0 Å². The molecule has 0 aliphatic heterocycles. The number of ketones is 1. The van der Waals surface area contributed by atoms with Crippen LogP contribution < -0.4 is 5.32 Å². The van der Waals surface area contributed by atoms with Gasteiger partial charge in [0, 0.05) is 14.0 Å². The number of nitrogens with zero attached hydrogens (tertiary/aromatic N) is 1. The van der Waals surface area contributed by atoms with Gasteiger partial charge in [0.2, 0.25) is 0 Å². The summed E-state index contributed by atoms with van der Waals surface area (Å²) in [7, 11) is 1.76. The van der Waals surface area contributed by atoms with Gasteiger partial charge in [-0.05, 0) is 25.1 Å². The molecule has 1 heterocycles. The highest BCUT2D eigenvalue weighted by Crippen LogP contribution is 2.14. The fourth-order valence-electron chi connectivity index (χ4n) is 1.16. The Kier molecular flexibility index (Phi) is 3.40. The molecule has 0 spiro atoms. The standard InChI is InChI=1S/C11H13N2O/c1-4-5-9-6-7-10(12-3)11(13-9)8(2)14/h4-7,12H,1H2,2-3H3/b5-4+. The van der Waals surface area contributed by atoms with E-state index in [9.17, 15) is 4.79 Å². The summed E-state index contributed by atoms with van der Waals surface area (Å²) in [6.07, 6.45) is 3.40. The van der Waals surface area contributed by atoms with Gasteiger partial charge in [0.1, 0.15) is 5.69 Å². The number of nitrogens with one attached hydrogen (secondary N) is 1. The number of pyridine rings is 1. The largest absolute Gasteiger partial charge is 0.386 e. The van der Waals surface area contributed by atoms with Crippen LogP contribution in [0.3, 0.4) is 0 Å². The van der Waals surface area contributed by atoms with Crippen LogP contribution in [0.5, 0.6) is 0 Å². The Balaban J connectivity index is 3.20. The van der Waals surface area contributed by atoms with Crippen LogP contribution in [0, 0.1) is 6.92 Å². The fraction of sp³-hybridized carbons (Fsp3) is 0.182. The van der Waals surface area contributed by atoms with E-state index in [1.54, 1.807) is 19.2 Å². The second-order valence-electron chi connectivity index (χ2n) is 2.84. The lowest BCUT2D eigenvalue weighted by Gasteiger charge is -2.05. The van der Waals surface area contributed by atoms with Crippen LogP contribution in [0.25, 0.3) is 6.08 Å². The first kappa shape index (κ1) is 10.4. The summed E-state index contributed by atoms with van der Waals surface area (Å²) in [5.41, 5.74) is 1.95. The summed E-state index contributed by atoms with van der Waals surface area (Å²) >= 11 is 0. The van der Waals surface area contributed by atoms with E-state index >= 15 is 0 Å². The molecule has 0 aromatic carbocycles.